The molecule has 0 amide bonds. The summed E-state index contributed by atoms with van der Waals surface area (Å²) in [4.78, 5) is 10.9. The fraction of sp³-hybridized carbons (Fsp3) is 0.222. The zero-order valence-corrected chi connectivity index (χ0v) is 8.35. The van der Waals surface area contributed by atoms with Crippen molar-refractivity contribution < 1.29 is 9.90 Å². The van der Waals surface area contributed by atoms with Gasteiger partial charge in [0, 0.05) is 30.1 Å². The molecule has 0 radical (unpaired) electrons. The number of aromatic carboxylic acids is 1. The zero-order valence-electron chi connectivity index (χ0n) is 8.35. The van der Waals surface area contributed by atoms with Crippen LogP contribution in [0.1, 0.15) is 16.2 Å². The average molecular weight is 206 g/mol. The highest BCUT2D eigenvalue weighted by molar-refractivity contribution is 5.94. The molecule has 2 heterocycles. The van der Waals surface area contributed by atoms with Gasteiger partial charge in [0.05, 0.1) is 6.20 Å². The first kappa shape index (κ1) is 9.45. The number of aromatic nitrogens is 4. The van der Waals surface area contributed by atoms with Crippen molar-refractivity contribution in [2.24, 2.45) is 7.05 Å². The number of nitrogens with zero attached hydrogens (tertiary/aromatic N) is 3. The van der Waals surface area contributed by atoms with E-state index in [-0.39, 0.29) is 5.69 Å². The molecule has 6 heteroatoms. The summed E-state index contributed by atoms with van der Waals surface area (Å²) in [6.45, 7) is 1.78. The molecule has 0 aromatic carbocycles. The summed E-state index contributed by atoms with van der Waals surface area (Å²) in [6, 6.07) is 0. The first-order valence-corrected chi connectivity index (χ1v) is 4.37. The Morgan fingerprint density at radius 2 is 2.33 bits per heavy atom. The van der Waals surface area contributed by atoms with Gasteiger partial charge >= 0.3 is 5.97 Å². The fourth-order valence-electron chi connectivity index (χ4n) is 1.49. The van der Waals surface area contributed by atoms with E-state index >= 15 is 0 Å². The van der Waals surface area contributed by atoms with Gasteiger partial charge in [-0.25, -0.2) is 4.79 Å². The number of aromatic amines is 1. The Morgan fingerprint density at radius 1 is 1.60 bits per heavy atom. The minimum atomic E-state index is -1.04. The third-order valence-corrected chi connectivity index (χ3v) is 2.14. The highest BCUT2D eigenvalue weighted by Crippen LogP contribution is 2.24. The summed E-state index contributed by atoms with van der Waals surface area (Å²) in [6.07, 6.45) is 3.37. The molecule has 0 saturated heterocycles. The van der Waals surface area contributed by atoms with Crippen molar-refractivity contribution in [3.05, 3.63) is 23.8 Å². The molecule has 0 aliphatic heterocycles. The molecule has 2 rings (SSSR count). The van der Waals surface area contributed by atoms with Crippen molar-refractivity contribution in [3.63, 3.8) is 0 Å². The molecule has 78 valence electrons. The standard InChI is InChI=1S/C9H10N4O2/c1-5-7(6-3-10-13(2)4-6)8(9(14)15)12-11-5/h3-4H,1-2H3,(H,11,12)(H,14,15). The smallest absolute Gasteiger partial charge is 0.357 e. The predicted molar refractivity (Wildman–Crippen MR) is 52.5 cm³/mol. The van der Waals surface area contributed by atoms with Crippen molar-refractivity contribution >= 4 is 5.97 Å². The van der Waals surface area contributed by atoms with Crippen molar-refractivity contribution in [2.75, 3.05) is 0 Å². The second-order valence-electron chi connectivity index (χ2n) is 3.28. The highest BCUT2D eigenvalue weighted by Gasteiger charge is 2.18. The molecule has 2 N–H and O–H groups in total. The Bertz CT molecular complexity index is 512. The number of carboxylic acid groups (broad SMARTS) is 1. The summed E-state index contributed by atoms with van der Waals surface area (Å²) in [5, 5.41) is 19.3. The van der Waals surface area contributed by atoms with Gasteiger partial charge in [-0.05, 0) is 6.92 Å². The maximum Gasteiger partial charge on any atom is 0.357 e. The molecule has 2 aromatic heterocycles. The van der Waals surface area contributed by atoms with Gasteiger partial charge in [0.1, 0.15) is 0 Å². The van der Waals surface area contributed by atoms with Gasteiger partial charge in [-0.15, -0.1) is 0 Å². The first-order valence-electron chi connectivity index (χ1n) is 4.37. The predicted octanol–water partition coefficient (Wildman–Crippen LogP) is 0.817. The van der Waals surface area contributed by atoms with E-state index < -0.39 is 5.97 Å². The maximum absolute atomic E-state index is 10.9. The van der Waals surface area contributed by atoms with E-state index in [0.29, 0.717) is 5.56 Å². The lowest BCUT2D eigenvalue weighted by Gasteiger charge is -1.95. The van der Waals surface area contributed by atoms with E-state index in [1.807, 2.05) is 0 Å². The van der Waals surface area contributed by atoms with Crippen LogP contribution in [0.2, 0.25) is 0 Å². The van der Waals surface area contributed by atoms with Crippen LogP contribution in [0.5, 0.6) is 0 Å². The summed E-state index contributed by atoms with van der Waals surface area (Å²) in [5.74, 6) is -1.04. The van der Waals surface area contributed by atoms with E-state index in [9.17, 15) is 4.79 Å². The van der Waals surface area contributed by atoms with Crippen molar-refractivity contribution in [1.82, 2.24) is 20.0 Å². The molecule has 0 fully saturated rings. The van der Waals surface area contributed by atoms with Gasteiger partial charge in [-0.3, -0.25) is 9.78 Å². The van der Waals surface area contributed by atoms with Gasteiger partial charge in [0.15, 0.2) is 5.69 Å². The van der Waals surface area contributed by atoms with Crippen LogP contribution >= 0.6 is 0 Å². The molecule has 0 atom stereocenters. The molecule has 6 nitrogen and oxygen atoms in total. The molecule has 2 aromatic rings. The van der Waals surface area contributed by atoms with Crippen molar-refractivity contribution in [2.45, 2.75) is 6.92 Å². The Balaban J connectivity index is 2.60. The second-order valence-corrected chi connectivity index (χ2v) is 3.28. The van der Waals surface area contributed by atoms with Gasteiger partial charge in [0.25, 0.3) is 0 Å². The van der Waals surface area contributed by atoms with Crippen LogP contribution in [-0.2, 0) is 7.05 Å². The third-order valence-electron chi connectivity index (χ3n) is 2.14. The van der Waals surface area contributed by atoms with Crippen LogP contribution in [0.4, 0.5) is 0 Å². The van der Waals surface area contributed by atoms with E-state index in [1.54, 1.807) is 31.0 Å². The molecule has 0 unspecified atom stereocenters. The second kappa shape index (κ2) is 3.23. The Kier molecular flexibility index (Phi) is 2.03. The molecule has 0 aliphatic rings. The lowest BCUT2D eigenvalue weighted by atomic mass is 10.1. The maximum atomic E-state index is 10.9. The van der Waals surface area contributed by atoms with Gasteiger partial charge in [-0.2, -0.15) is 10.2 Å². The minimum absolute atomic E-state index is 0.0282. The Morgan fingerprint density at radius 3 is 2.87 bits per heavy atom. The summed E-state index contributed by atoms with van der Waals surface area (Å²) in [7, 11) is 1.78. The zero-order chi connectivity index (χ0) is 11.0. The van der Waals surface area contributed by atoms with Crippen LogP contribution in [0, 0.1) is 6.92 Å². The number of aryl methyl sites for hydroxylation is 2. The van der Waals surface area contributed by atoms with Gasteiger partial charge < -0.3 is 5.11 Å². The fourth-order valence-corrected chi connectivity index (χ4v) is 1.49. The summed E-state index contributed by atoms with van der Waals surface area (Å²) in [5.41, 5.74) is 2.10. The molecule has 0 aliphatic carbocycles. The van der Waals surface area contributed by atoms with E-state index in [0.717, 1.165) is 11.3 Å². The van der Waals surface area contributed by atoms with E-state index in [2.05, 4.69) is 15.3 Å². The van der Waals surface area contributed by atoms with Crippen LogP contribution in [0.25, 0.3) is 11.1 Å². The third kappa shape index (κ3) is 1.50. The lowest BCUT2D eigenvalue weighted by Crippen LogP contribution is -1.98. The molecule has 0 spiro atoms. The van der Waals surface area contributed by atoms with Crippen LogP contribution in [-0.4, -0.2) is 31.1 Å². The molecule has 15 heavy (non-hydrogen) atoms. The van der Waals surface area contributed by atoms with E-state index in [1.165, 1.54) is 0 Å². The van der Waals surface area contributed by atoms with Gasteiger partial charge in [0.2, 0.25) is 0 Å². The topological polar surface area (TPSA) is 83.8 Å². The van der Waals surface area contributed by atoms with Crippen LogP contribution in [0.15, 0.2) is 12.4 Å². The first-order chi connectivity index (χ1) is 7.09. The summed E-state index contributed by atoms with van der Waals surface area (Å²) < 4.78 is 1.62. The van der Waals surface area contributed by atoms with Crippen LogP contribution in [0.3, 0.4) is 0 Å². The lowest BCUT2D eigenvalue weighted by molar-refractivity contribution is 0.0691. The van der Waals surface area contributed by atoms with Crippen molar-refractivity contribution in [1.29, 1.82) is 0 Å². The van der Waals surface area contributed by atoms with E-state index in [4.69, 9.17) is 5.11 Å². The quantitative estimate of drug-likeness (QED) is 0.761. The largest absolute Gasteiger partial charge is 0.476 e. The molecular formula is C9H10N4O2. The van der Waals surface area contributed by atoms with Crippen LogP contribution < -0.4 is 0 Å². The molecular weight excluding hydrogens is 196 g/mol. The number of rotatable bonds is 2. The normalized spacial score (nSPS) is 10.5. The average Bonchev–Trinajstić information content (AvgIpc) is 2.71. The monoisotopic (exact) mass is 206 g/mol. The number of carbonyl (C=O) groups is 1. The summed E-state index contributed by atoms with van der Waals surface area (Å²) >= 11 is 0. The number of carboxylic acids is 1. The number of hydrogen-bond acceptors (Lipinski definition) is 3. The Hall–Kier alpha value is -2.11. The molecule has 0 saturated carbocycles. The number of nitrogens with one attached hydrogen (secondary N) is 1. The number of hydrogen-bond donors (Lipinski definition) is 2. The number of H-pyrrole nitrogens is 1. The Labute approximate surface area is 85.5 Å². The SMILES string of the molecule is Cc1[nH]nc(C(=O)O)c1-c1cnn(C)c1. The molecule has 0 bridgehead atoms. The minimum Gasteiger partial charge on any atom is -0.476 e. The van der Waals surface area contributed by atoms with Crippen molar-refractivity contribution in [3.8, 4) is 11.1 Å². The highest BCUT2D eigenvalue weighted by atomic mass is 16.4. The van der Waals surface area contributed by atoms with Gasteiger partial charge in [-0.1, -0.05) is 0 Å².